The Balaban J connectivity index is 3.01. The third-order valence-corrected chi connectivity index (χ3v) is 1.38. The van der Waals surface area contributed by atoms with E-state index < -0.39 is 0 Å². The lowest BCUT2D eigenvalue weighted by Gasteiger charge is -1.84. The van der Waals surface area contributed by atoms with Gasteiger partial charge in [-0.1, -0.05) is 0 Å². The predicted molar refractivity (Wildman–Crippen MR) is 40.3 cm³/mol. The molecular formula is C7H7OS+. The van der Waals surface area contributed by atoms with Crippen LogP contribution in [0.2, 0.25) is 0 Å². The highest BCUT2D eigenvalue weighted by molar-refractivity contribution is 7.58. The van der Waals surface area contributed by atoms with E-state index in [4.69, 9.17) is 0 Å². The Morgan fingerprint density at radius 2 is 1.78 bits per heavy atom. The first kappa shape index (κ1) is 6.36. The van der Waals surface area contributed by atoms with E-state index in [0.29, 0.717) is 5.56 Å². The van der Waals surface area contributed by atoms with Crippen LogP contribution < -0.4 is 0 Å². The SMILES string of the molecule is O=Cc1ccc([SH2+])cc1. The van der Waals surface area contributed by atoms with E-state index in [-0.39, 0.29) is 0 Å². The van der Waals surface area contributed by atoms with Crippen LogP contribution in [0, 0.1) is 0 Å². The van der Waals surface area contributed by atoms with Crippen molar-refractivity contribution in [2.24, 2.45) is 0 Å². The second-order valence-electron chi connectivity index (χ2n) is 1.74. The van der Waals surface area contributed by atoms with Gasteiger partial charge in [-0.3, -0.25) is 4.79 Å². The molecule has 2 heteroatoms. The van der Waals surface area contributed by atoms with Crippen molar-refractivity contribution in [3.63, 3.8) is 0 Å². The van der Waals surface area contributed by atoms with E-state index in [2.05, 4.69) is 12.6 Å². The number of carbonyl (C=O) groups is 1. The second-order valence-corrected chi connectivity index (χ2v) is 2.32. The van der Waals surface area contributed by atoms with E-state index in [1.54, 1.807) is 12.1 Å². The molecule has 0 bridgehead atoms. The fourth-order valence-electron chi connectivity index (χ4n) is 0.562. The molecule has 0 radical (unpaired) electrons. The molecule has 0 aromatic heterocycles. The molecule has 1 nitrogen and oxygen atoms in total. The van der Waals surface area contributed by atoms with Crippen molar-refractivity contribution in [3.05, 3.63) is 29.8 Å². The Kier molecular flexibility index (Phi) is 1.90. The summed E-state index contributed by atoms with van der Waals surface area (Å²) >= 11 is 3.31. The number of benzene rings is 1. The molecule has 0 amide bonds. The minimum Gasteiger partial charge on any atom is -0.298 e. The molecule has 0 saturated carbocycles. The molecule has 0 aliphatic carbocycles. The third-order valence-electron chi connectivity index (χ3n) is 1.05. The Hall–Kier alpha value is -0.760. The van der Waals surface area contributed by atoms with Crippen LogP contribution in [0.4, 0.5) is 0 Å². The lowest BCUT2D eigenvalue weighted by molar-refractivity contribution is 0.112. The standard InChI is InChI=1S/C7H6OS/c8-5-6-1-3-7(9)4-2-6/h1-5,9H/p+1. The Morgan fingerprint density at radius 3 is 2.22 bits per heavy atom. The van der Waals surface area contributed by atoms with Crippen molar-refractivity contribution in [1.29, 1.82) is 0 Å². The molecule has 0 fully saturated rings. The summed E-state index contributed by atoms with van der Waals surface area (Å²) in [6, 6.07) is 7.19. The Bertz CT molecular complexity index is 203. The predicted octanol–water partition coefficient (Wildman–Crippen LogP) is 0.869. The van der Waals surface area contributed by atoms with Gasteiger partial charge in [-0.2, -0.15) is 0 Å². The van der Waals surface area contributed by atoms with E-state index in [9.17, 15) is 4.79 Å². The fourth-order valence-corrected chi connectivity index (χ4v) is 0.728. The maximum absolute atomic E-state index is 10.1. The van der Waals surface area contributed by atoms with Gasteiger partial charge in [-0.15, -0.1) is 0 Å². The maximum atomic E-state index is 10.1. The zero-order valence-electron chi connectivity index (χ0n) is 4.79. The molecule has 1 rings (SSSR count). The van der Waals surface area contributed by atoms with Gasteiger partial charge in [-0.25, -0.2) is 0 Å². The topological polar surface area (TPSA) is 17.1 Å². The van der Waals surface area contributed by atoms with Crippen LogP contribution in [0.5, 0.6) is 0 Å². The lowest BCUT2D eigenvalue weighted by atomic mass is 10.2. The maximum Gasteiger partial charge on any atom is 0.150 e. The first-order chi connectivity index (χ1) is 4.33. The minimum absolute atomic E-state index is 0.706. The zero-order chi connectivity index (χ0) is 6.69. The van der Waals surface area contributed by atoms with Crippen LogP contribution in [0.3, 0.4) is 0 Å². The largest absolute Gasteiger partial charge is 0.298 e. The van der Waals surface area contributed by atoms with Crippen LogP contribution in [-0.2, 0) is 12.6 Å². The number of carbonyl (C=O) groups excluding carboxylic acids is 1. The lowest BCUT2D eigenvalue weighted by Crippen LogP contribution is -1.76. The molecule has 0 atom stereocenters. The first-order valence-electron chi connectivity index (χ1n) is 2.60. The highest BCUT2D eigenvalue weighted by atomic mass is 32.1. The van der Waals surface area contributed by atoms with Gasteiger partial charge in [0.15, 0.2) is 0 Å². The van der Waals surface area contributed by atoms with Crippen molar-refractivity contribution >= 4 is 18.9 Å². The normalized spacial score (nSPS) is 9.00. The van der Waals surface area contributed by atoms with Crippen LogP contribution in [0.1, 0.15) is 10.4 Å². The monoisotopic (exact) mass is 139 g/mol. The molecule has 1 aromatic rings. The minimum atomic E-state index is 0.706. The summed E-state index contributed by atoms with van der Waals surface area (Å²) in [4.78, 5) is 11.1. The summed E-state index contributed by atoms with van der Waals surface area (Å²) in [5.74, 6) is 0. The summed E-state index contributed by atoms with van der Waals surface area (Å²) in [5.41, 5.74) is 0.706. The van der Waals surface area contributed by atoms with Crippen molar-refractivity contribution in [3.8, 4) is 0 Å². The average Bonchev–Trinajstić information content (AvgIpc) is 1.90. The summed E-state index contributed by atoms with van der Waals surface area (Å²) in [5, 5.41) is 0. The van der Waals surface area contributed by atoms with Crippen LogP contribution in [0.15, 0.2) is 29.2 Å². The number of rotatable bonds is 1. The van der Waals surface area contributed by atoms with E-state index in [1.807, 2.05) is 12.1 Å². The highest BCUT2D eigenvalue weighted by Gasteiger charge is 1.89. The van der Waals surface area contributed by atoms with E-state index >= 15 is 0 Å². The summed E-state index contributed by atoms with van der Waals surface area (Å²) in [7, 11) is 0. The highest BCUT2D eigenvalue weighted by Crippen LogP contribution is 1.99. The van der Waals surface area contributed by atoms with Crippen LogP contribution in [-0.4, -0.2) is 6.29 Å². The van der Waals surface area contributed by atoms with Gasteiger partial charge in [0.05, 0.1) is 0 Å². The molecule has 9 heavy (non-hydrogen) atoms. The van der Waals surface area contributed by atoms with Gasteiger partial charge < -0.3 is 0 Å². The molecular weight excluding hydrogens is 132 g/mol. The Morgan fingerprint density at radius 1 is 1.22 bits per heavy atom. The summed E-state index contributed by atoms with van der Waals surface area (Å²) < 4.78 is 0. The molecule has 0 heterocycles. The second kappa shape index (κ2) is 2.69. The van der Waals surface area contributed by atoms with E-state index in [0.717, 1.165) is 11.2 Å². The summed E-state index contributed by atoms with van der Waals surface area (Å²) in [6.45, 7) is 0. The number of hydrogen-bond donors (Lipinski definition) is 0. The summed E-state index contributed by atoms with van der Waals surface area (Å²) in [6.07, 6.45) is 0.825. The molecule has 0 unspecified atom stereocenters. The number of aldehydes is 1. The smallest absolute Gasteiger partial charge is 0.150 e. The van der Waals surface area contributed by atoms with Gasteiger partial charge in [0.25, 0.3) is 0 Å². The van der Waals surface area contributed by atoms with Crippen molar-refractivity contribution in [2.75, 3.05) is 0 Å². The van der Waals surface area contributed by atoms with Crippen molar-refractivity contribution in [1.82, 2.24) is 0 Å². The molecule has 1 aromatic carbocycles. The average molecular weight is 139 g/mol. The molecule has 0 N–H and O–H groups in total. The fraction of sp³-hybridized carbons (Fsp3) is 0. The number of hydrogen-bond acceptors (Lipinski definition) is 1. The molecule has 0 aliphatic heterocycles. The zero-order valence-corrected chi connectivity index (χ0v) is 5.79. The van der Waals surface area contributed by atoms with Crippen LogP contribution >= 0.6 is 0 Å². The van der Waals surface area contributed by atoms with Gasteiger partial charge in [0.2, 0.25) is 0 Å². The van der Waals surface area contributed by atoms with Gasteiger partial charge in [0, 0.05) is 5.56 Å². The Labute approximate surface area is 59.1 Å². The van der Waals surface area contributed by atoms with Gasteiger partial charge in [0.1, 0.15) is 11.2 Å². The van der Waals surface area contributed by atoms with Gasteiger partial charge >= 0.3 is 0 Å². The van der Waals surface area contributed by atoms with Gasteiger partial charge in [-0.05, 0) is 36.9 Å². The molecule has 0 spiro atoms. The molecule has 46 valence electrons. The molecule has 0 aliphatic rings. The third kappa shape index (κ3) is 1.57. The van der Waals surface area contributed by atoms with E-state index in [1.165, 1.54) is 0 Å². The quantitative estimate of drug-likeness (QED) is 0.417. The van der Waals surface area contributed by atoms with Crippen LogP contribution in [0.25, 0.3) is 0 Å². The van der Waals surface area contributed by atoms with Crippen molar-refractivity contribution < 1.29 is 4.79 Å². The van der Waals surface area contributed by atoms with Crippen molar-refractivity contribution in [2.45, 2.75) is 4.90 Å². The molecule has 0 saturated heterocycles. The first-order valence-corrected chi connectivity index (χ1v) is 3.10.